The van der Waals surface area contributed by atoms with Gasteiger partial charge in [-0.25, -0.2) is 17.9 Å². The molecule has 0 aromatic heterocycles. The zero-order valence-corrected chi connectivity index (χ0v) is 12.9. The smallest absolute Gasteiger partial charge is 0.328 e. The minimum atomic E-state index is -3.96. The van der Waals surface area contributed by atoms with E-state index in [1.807, 2.05) is 0 Å². The standard InChI is InChI=1S/C13H17NO7S/c1-20-10-7-9(3-4-12(16)17)8-11(13(10)21-2)22(18,19)14-5-6-15/h3-4,7-8,14-15H,5-6H2,1-2H3,(H,16,17)/b4-3+. The maximum atomic E-state index is 12.2. The number of carboxylic acids is 1. The van der Waals surface area contributed by atoms with Crippen LogP contribution in [0.4, 0.5) is 0 Å². The monoisotopic (exact) mass is 331 g/mol. The Hall–Kier alpha value is -2.10. The van der Waals surface area contributed by atoms with Crippen molar-refractivity contribution in [1.29, 1.82) is 0 Å². The van der Waals surface area contributed by atoms with Gasteiger partial charge in [-0.3, -0.25) is 0 Å². The van der Waals surface area contributed by atoms with Gasteiger partial charge < -0.3 is 19.7 Å². The van der Waals surface area contributed by atoms with Crippen LogP contribution in [0, 0.1) is 0 Å². The molecule has 1 rings (SSSR count). The molecule has 0 amide bonds. The van der Waals surface area contributed by atoms with E-state index in [9.17, 15) is 13.2 Å². The van der Waals surface area contributed by atoms with Gasteiger partial charge in [0, 0.05) is 12.6 Å². The number of carbonyl (C=O) groups is 1. The fourth-order valence-electron chi connectivity index (χ4n) is 1.67. The van der Waals surface area contributed by atoms with Gasteiger partial charge in [0.15, 0.2) is 11.5 Å². The molecule has 0 radical (unpaired) electrons. The molecule has 8 nitrogen and oxygen atoms in total. The summed E-state index contributed by atoms with van der Waals surface area (Å²) in [5, 5.41) is 17.4. The second-order valence-electron chi connectivity index (χ2n) is 4.05. The first-order chi connectivity index (χ1) is 10.4. The largest absolute Gasteiger partial charge is 0.493 e. The number of benzene rings is 1. The van der Waals surface area contributed by atoms with E-state index >= 15 is 0 Å². The molecular weight excluding hydrogens is 314 g/mol. The molecule has 122 valence electrons. The predicted molar refractivity (Wildman–Crippen MR) is 78.5 cm³/mol. The summed E-state index contributed by atoms with van der Waals surface area (Å²) in [5.41, 5.74) is 0.310. The number of nitrogens with one attached hydrogen (secondary N) is 1. The van der Waals surface area contributed by atoms with Gasteiger partial charge in [-0.1, -0.05) is 0 Å². The lowest BCUT2D eigenvalue weighted by Gasteiger charge is -2.14. The van der Waals surface area contributed by atoms with Crippen LogP contribution in [0.25, 0.3) is 6.08 Å². The lowest BCUT2D eigenvalue weighted by atomic mass is 10.2. The number of aliphatic hydroxyl groups excluding tert-OH is 1. The highest BCUT2D eigenvalue weighted by Crippen LogP contribution is 2.35. The number of ether oxygens (including phenoxy) is 2. The first-order valence-electron chi connectivity index (χ1n) is 6.13. The second-order valence-corrected chi connectivity index (χ2v) is 5.78. The van der Waals surface area contributed by atoms with E-state index < -0.39 is 16.0 Å². The van der Waals surface area contributed by atoms with E-state index in [-0.39, 0.29) is 29.5 Å². The molecular formula is C13H17NO7S. The summed E-state index contributed by atoms with van der Waals surface area (Å²) < 4.78 is 36.8. The third-order valence-electron chi connectivity index (χ3n) is 2.58. The van der Waals surface area contributed by atoms with Gasteiger partial charge in [0.25, 0.3) is 0 Å². The molecule has 0 aliphatic rings. The lowest BCUT2D eigenvalue weighted by molar-refractivity contribution is -0.131. The second kappa shape index (κ2) is 7.78. The lowest BCUT2D eigenvalue weighted by Crippen LogP contribution is -2.27. The van der Waals surface area contributed by atoms with E-state index in [2.05, 4.69) is 4.72 Å². The van der Waals surface area contributed by atoms with Gasteiger partial charge in [0.05, 0.1) is 20.8 Å². The summed E-state index contributed by atoms with van der Waals surface area (Å²) in [7, 11) is -1.33. The molecule has 1 aromatic rings. The Morgan fingerprint density at radius 2 is 2.00 bits per heavy atom. The van der Waals surface area contributed by atoms with Crippen LogP contribution in [-0.2, 0) is 14.8 Å². The highest BCUT2D eigenvalue weighted by Gasteiger charge is 2.23. The van der Waals surface area contributed by atoms with Gasteiger partial charge in [0.2, 0.25) is 10.0 Å². The molecule has 0 fully saturated rings. The minimum Gasteiger partial charge on any atom is -0.493 e. The normalized spacial score (nSPS) is 11.6. The SMILES string of the molecule is COc1cc(/C=C/C(=O)O)cc(S(=O)(=O)NCCO)c1OC. The molecule has 0 aliphatic carbocycles. The molecule has 0 heterocycles. The van der Waals surface area contributed by atoms with E-state index in [0.717, 1.165) is 6.08 Å². The average Bonchev–Trinajstić information content (AvgIpc) is 2.49. The molecule has 0 unspecified atom stereocenters. The van der Waals surface area contributed by atoms with E-state index in [1.165, 1.54) is 32.4 Å². The fraction of sp³-hybridized carbons (Fsp3) is 0.308. The quantitative estimate of drug-likeness (QED) is 0.576. The van der Waals surface area contributed by atoms with Gasteiger partial charge in [-0.05, 0) is 23.8 Å². The number of rotatable bonds is 8. The van der Waals surface area contributed by atoms with Gasteiger partial charge >= 0.3 is 5.97 Å². The molecule has 0 saturated heterocycles. The van der Waals surface area contributed by atoms with Crippen molar-refractivity contribution in [3.05, 3.63) is 23.8 Å². The highest BCUT2D eigenvalue weighted by atomic mass is 32.2. The Kier molecular flexibility index (Phi) is 6.35. The van der Waals surface area contributed by atoms with Crippen LogP contribution in [0.3, 0.4) is 0 Å². The third kappa shape index (κ3) is 4.45. The molecule has 1 aromatic carbocycles. The van der Waals surface area contributed by atoms with Crippen molar-refractivity contribution in [2.24, 2.45) is 0 Å². The first-order valence-corrected chi connectivity index (χ1v) is 7.61. The van der Waals surface area contributed by atoms with Crippen LogP contribution in [0.1, 0.15) is 5.56 Å². The highest BCUT2D eigenvalue weighted by molar-refractivity contribution is 7.89. The van der Waals surface area contributed by atoms with Crippen LogP contribution < -0.4 is 14.2 Å². The van der Waals surface area contributed by atoms with Gasteiger partial charge in [0.1, 0.15) is 4.90 Å². The van der Waals surface area contributed by atoms with Gasteiger partial charge in [-0.15, -0.1) is 0 Å². The van der Waals surface area contributed by atoms with Crippen LogP contribution in [0.2, 0.25) is 0 Å². The molecule has 0 atom stereocenters. The maximum absolute atomic E-state index is 12.2. The molecule has 3 N–H and O–H groups in total. The van der Waals surface area contributed by atoms with Crippen molar-refractivity contribution < 1.29 is 32.9 Å². The summed E-state index contributed by atoms with van der Waals surface area (Å²) in [4.78, 5) is 10.4. The summed E-state index contributed by atoms with van der Waals surface area (Å²) in [6.07, 6.45) is 2.11. The zero-order chi connectivity index (χ0) is 16.8. The number of hydrogen-bond donors (Lipinski definition) is 3. The summed E-state index contributed by atoms with van der Waals surface area (Å²) in [6.45, 7) is -0.527. The molecule has 22 heavy (non-hydrogen) atoms. The number of hydrogen-bond acceptors (Lipinski definition) is 6. The third-order valence-corrected chi connectivity index (χ3v) is 4.05. The fourth-order valence-corrected chi connectivity index (χ4v) is 2.91. The number of carboxylic acid groups (broad SMARTS) is 1. The van der Waals surface area contributed by atoms with Crippen molar-refractivity contribution in [3.8, 4) is 11.5 Å². The Morgan fingerprint density at radius 1 is 1.32 bits per heavy atom. The topological polar surface area (TPSA) is 122 Å². The maximum Gasteiger partial charge on any atom is 0.328 e. The van der Waals surface area contributed by atoms with Crippen molar-refractivity contribution in [2.75, 3.05) is 27.4 Å². The molecule has 9 heteroatoms. The first kappa shape index (κ1) is 18.0. The van der Waals surface area contributed by atoms with Crippen LogP contribution in [0.5, 0.6) is 11.5 Å². The Balaban J connectivity index is 3.45. The van der Waals surface area contributed by atoms with Crippen molar-refractivity contribution in [1.82, 2.24) is 4.72 Å². The van der Waals surface area contributed by atoms with Crippen molar-refractivity contribution >= 4 is 22.1 Å². The Bertz CT molecular complexity index is 667. The molecule has 0 aliphatic heterocycles. The van der Waals surface area contributed by atoms with Crippen molar-refractivity contribution in [2.45, 2.75) is 4.90 Å². The van der Waals surface area contributed by atoms with E-state index in [1.54, 1.807) is 0 Å². The van der Waals surface area contributed by atoms with Crippen LogP contribution in [0.15, 0.2) is 23.1 Å². The Morgan fingerprint density at radius 3 is 2.50 bits per heavy atom. The van der Waals surface area contributed by atoms with Crippen molar-refractivity contribution in [3.63, 3.8) is 0 Å². The van der Waals surface area contributed by atoms with Gasteiger partial charge in [-0.2, -0.15) is 0 Å². The van der Waals surface area contributed by atoms with E-state index in [4.69, 9.17) is 19.7 Å². The summed E-state index contributed by atoms with van der Waals surface area (Å²) in [5.74, 6) is -1.04. The van der Waals surface area contributed by atoms with Crippen LogP contribution in [-0.4, -0.2) is 52.0 Å². The number of aliphatic carboxylic acids is 1. The Labute approximate surface area is 128 Å². The zero-order valence-electron chi connectivity index (χ0n) is 12.1. The van der Waals surface area contributed by atoms with Crippen LogP contribution >= 0.6 is 0 Å². The molecule has 0 spiro atoms. The minimum absolute atomic E-state index is 0.0135. The summed E-state index contributed by atoms with van der Waals surface area (Å²) >= 11 is 0. The average molecular weight is 331 g/mol. The number of methoxy groups -OCH3 is 2. The van der Waals surface area contributed by atoms with E-state index in [0.29, 0.717) is 5.56 Å². The number of aliphatic hydroxyl groups is 1. The predicted octanol–water partition coefficient (Wildman–Crippen LogP) is 0.0722. The molecule has 0 saturated carbocycles. The summed E-state index contributed by atoms with van der Waals surface area (Å²) in [6, 6.07) is 2.70. The number of sulfonamides is 1. The molecule has 0 bridgehead atoms.